The van der Waals surface area contributed by atoms with Gasteiger partial charge in [-0.15, -0.1) is 0 Å². The van der Waals surface area contributed by atoms with Crippen molar-refractivity contribution in [1.29, 1.82) is 0 Å². The Morgan fingerprint density at radius 1 is 1.06 bits per heavy atom. The molecule has 1 atom stereocenters. The number of hydrogen-bond acceptors (Lipinski definition) is 4. The largest absolute Gasteiger partial charge is 0.300 e. The second-order valence-corrected chi connectivity index (χ2v) is 10.3. The Kier molecular flexibility index (Phi) is 9.88. The molecule has 1 aromatic heterocycles. The van der Waals surface area contributed by atoms with Gasteiger partial charge in [0.05, 0.1) is 23.7 Å². The summed E-state index contributed by atoms with van der Waals surface area (Å²) in [7, 11) is -3.14. The van der Waals surface area contributed by atoms with Crippen molar-refractivity contribution in [2.45, 2.75) is 66.3 Å². The molecular weight excluding hydrogens is 458 g/mol. The van der Waals surface area contributed by atoms with Gasteiger partial charge in [0.2, 0.25) is 10.0 Å². The minimum atomic E-state index is -3.14. The Morgan fingerprint density at radius 3 is 2.30 bits per heavy atom. The summed E-state index contributed by atoms with van der Waals surface area (Å²) in [5.74, 6) is 0.316. The number of hydrogen-bond donors (Lipinski definition) is 0. The highest BCUT2D eigenvalue weighted by Gasteiger charge is 2.36. The van der Waals surface area contributed by atoms with Gasteiger partial charge in [0.15, 0.2) is 0 Å². The molecular formula is C25H36ClN3O3S. The van der Waals surface area contributed by atoms with Crippen molar-refractivity contribution in [3.8, 4) is 0 Å². The molecule has 3 heterocycles. The molecule has 2 aliphatic heterocycles. The first-order valence-corrected chi connectivity index (χ1v) is 13.9. The number of fused-ring (bicyclic) bond motifs is 1. The van der Waals surface area contributed by atoms with Crippen LogP contribution in [0.15, 0.2) is 36.7 Å². The first-order valence-electron chi connectivity index (χ1n) is 11.9. The van der Waals surface area contributed by atoms with Crippen molar-refractivity contribution in [1.82, 2.24) is 9.29 Å². The van der Waals surface area contributed by atoms with Crippen LogP contribution < -0.4 is 4.90 Å². The van der Waals surface area contributed by atoms with Crippen molar-refractivity contribution in [3.05, 3.63) is 58.4 Å². The number of rotatable bonds is 4. The Labute approximate surface area is 204 Å². The van der Waals surface area contributed by atoms with E-state index in [0.29, 0.717) is 23.7 Å². The van der Waals surface area contributed by atoms with Gasteiger partial charge in [-0.1, -0.05) is 39.3 Å². The first-order chi connectivity index (χ1) is 15.8. The number of benzene rings is 1. The van der Waals surface area contributed by atoms with Gasteiger partial charge in [-0.3, -0.25) is 14.7 Å². The van der Waals surface area contributed by atoms with Crippen LogP contribution in [0.5, 0.6) is 0 Å². The van der Waals surface area contributed by atoms with Crippen LogP contribution in [0, 0.1) is 0 Å². The molecule has 0 N–H and O–H groups in total. The average molecular weight is 494 g/mol. The monoisotopic (exact) mass is 493 g/mol. The lowest BCUT2D eigenvalue weighted by Crippen LogP contribution is -2.38. The molecule has 2 aliphatic rings. The molecule has 4 rings (SSSR count). The summed E-state index contributed by atoms with van der Waals surface area (Å²) in [6, 6.07) is 7.26. The third-order valence-corrected chi connectivity index (χ3v) is 8.12. The zero-order valence-corrected chi connectivity index (χ0v) is 22.1. The Balaban J connectivity index is 0.000000914. The van der Waals surface area contributed by atoms with E-state index < -0.39 is 10.0 Å². The molecule has 0 radical (unpaired) electrons. The van der Waals surface area contributed by atoms with Crippen molar-refractivity contribution < 1.29 is 13.2 Å². The molecule has 1 fully saturated rings. The van der Waals surface area contributed by atoms with Gasteiger partial charge in [0.25, 0.3) is 5.91 Å². The molecule has 2 aromatic rings. The zero-order chi connectivity index (χ0) is 24.8. The van der Waals surface area contributed by atoms with E-state index in [1.807, 2.05) is 52.9 Å². The first kappa shape index (κ1) is 27.3. The minimum absolute atomic E-state index is 0.0491. The number of amides is 1. The fourth-order valence-corrected chi connectivity index (χ4v) is 5.62. The summed E-state index contributed by atoms with van der Waals surface area (Å²) in [5.41, 5.74) is 3.40. The molecule has 0 spiro atoms. The van der Waals surface area contributed by atoms with Crippen LogP contribution in [0.2, 0.25) is 5.02 Å². The van der Waals surface area contributed by atoms with Crippen LogP contribution in [-0.4, -0.2) is 42.5 Å². The van der Waals surface area contributed by atoms with Gasteiger partial charge in [-0.2, -0.15) is 0 Å². The normalized spacial score (nSPS) is 18.7. The molecule has 1 amide bonds. The average Bonchev–Trinajstić information content (AvgIpc) is 3.10. The van der Waals surface area contributed by atoms with Crippen LogP contribution in [-0.2, 0) is 10.0 Å². The van der Waals surface area contributed by atoms with Gasteiger partial charge in [0.1, 0.15) is 0 Å². The number of nitrogens with zero attached hydrogens (tertiary/aromatic N) is 3. The van der Waals surface area contributed by atoms with Gasteiger partial charge < -0.3 is 0 Å². The highest BCUT2D eigenvalue weighted by Crippen LogP contribution is 2.39. The molecule has 0 saturated carbocycles. The van der Waals surface area contributed by atoms with Gasteiger partial charge in [-0.25, -0.2) is 12.7 Å². The molecule has 33 heavy (non-hydrogen) atoms. The van der Waals surface area contributed by atoms with E-state index >= 15 is 0 Å². The second kappa shape index (κ2) is 12.0. The van der Waals surface area contributed by atoms with Crippen LogP contribution in [0.3, 0.4) is 0 Å². The Bertz CT molecular complexity index is 1050. The Hall–Kier alpha value is -1.96. The Morgan fingerprint density at radius 2 is 1.70 bits per heavy atom. The van der Waals surface area contributed by atoms with E-state index in [2.05, 4.69) is 4.98 Å². The van der Waals surface area contributed by atoms with E-state index in [9.17, 15) is 13.2 Å². The molecule has 1 saturated heterocycles. The maximum Gasteiger partial charge on any atom is 0.259 e. The molecule has 6 nitrogen and oxygen atoms in total. The maximum atomic E-state index is 13.0. The molecule has 0 unspecified atom stereocenters. The van der Waals surface area contributed by atoms with Crippen LogP contribution in [0.1, 0.15) is 87.8 Å². The summed E-state index contributed by atoms with van der Waals surface area (Å²) in [6.45, 7) is 12.7. The van der Waals surface area contributed by atoms with Crippen molar-refractivity contribution in [2.24, 2.45) is 0 Å². The van der Waals surface area contributed by atoms with Gasteiger partial charge in [0, 0.05) is 29.9 Å². The van der Waals surface area contributed by atoms with Gasteiger partial charge >= 0.3 is 0 Å². The van der Waals surface area contributed by atoms with Crippen LogP contribution in [0.4, 0.5) is 5.69 Å². The fraction of sp³-hybridized carbons (Fsp3) is 0.520. The predicted molar refractivity (Wildman–Crippen MR) is 137 cm³/mol. The molecule has 0 bridgehead atoms. The highest BCUT2D eigenvalue weighted by atomic mass is 35.5. The standard InChI is InChI=1S/C21H24ClN3O3S.2C2H6/c1-3-29(27,28)24-8-6-15(7-9-24)16-10-18(13-23-12-16)25-14(2)20-11-17(22)4-5-19(20)21(25)26;2*1-2/h4-5,10-15H,3,6-9H2,1-2H3;2*1-2H3/t14-;;/m0../s1. The second-order valence-electron chi connectivity index (χ2n) is 7.63. The van der Waals surface area contributed by atoms with Crippen LogP contribution >= 0.6 is 11.6 Å². The van der Waals surface area contributed by atoms with Gasteiger partial charge in [-0.05, 0) is 68.0 Å². The minimum Gasteiger partial charge on any atom is -0.300 e. The van der Waals surface area contributed by atoms with E-state index in [-0.39, 0.29) is 23.6 Å². The summed E-state index contributed by atoms with van der Waals surface area (Å²) < 4.78 is 25.8. The van der Waals surface area contributed by atoms with Crippen molar-refractivity contribution in [2.75, 3.05) is 23.7 Å². The maximum absolute atomic E-state index is 13.0. The van der Waals surface area contributed by atoms with Crippen LogP contribution in [0.25, 0.3) is 0 Å². The zero-order valence-electron chi connectivity index (χ0n) is 20.5. The fourth-order valence-electron chi connectivity index (χ4n) is 4.31. The number of carbonyl (C=O) groups is 1. The van der Waals surface area contributed by atoms with E-state index in [1.54, 1.807) is 34.5 Å². The number of sulfonamides is 1. The van der Waals surface area contributed by atoms with E-state index in [1.165, 1.54) is 0 Å². The summed E-state index contributed by atoms with van der Waals surface area (Å²) >= 11 is 6.12. The smallest absolute Gasteiger partial charge is 0.259 e. The number of pyridine rings is 1. The number of anilines is 1. The lowest BCUT2D eigenvalue weighted by molar-refractivity contribution is 0.0992. The third kappa shape index (κ3) is 5.76. The SMILES string of the molecule is CC.CC.CCS(=O)(=O)N1CCC(c2cncc(N3C(=O)c4ccc(Cl)cc4[C@@H]3C)c2)CC1. The molecule has 0 aliphatic carbocycles. The lowest BCUT2D eigenvalue weighted by Gasteiger charge is -2.31. The van der Waals surface area contributed by atoms with E-state index in [0.717, 1.165) is 29.7 Å². The molecule has 1 aromatic carbocycles. The molecule has 8 heteroatoms. The highest BCUT2D eigenvalue weighted by molar-refractivity contribution is 7.89. The number of aromatic nitrogens is 1. The number of halogens is 1. The van der Waals surface area contributed by atoms with Crippen molar-refractivity contribution >= 4 is 33.2 Å². The number of carbonyl (C=O) groups excluding carboxylic acids is 1. The predicted octanol–water partition coefficient (Wildman–Crippen LogP) is 6.04. The van der Waals surface area contributed by atoms with E-state index in [4.69, 9.17) is 11.6 Å². The number of piperidine rings is 1. The summed E-state index contributed by atoms with van der Waals surface area (Å²) in [4.78, 5) is 19.1. The molecule has 182 valence electrons. The topological polar surface area (TPSA) is 70.6 Å². The quantitative estimate of drug-likeness (QED) is 0.520. The lowest BCUT2D eigenvalue weighted by atomic mass is 9.91. The van der Waals surface area contributed by atoms with Crippen molar-refractivity contribution in [3.63, 3.8) is 0 Å². The third-order valence-electron chi connectivity index (χ3n) is 6.01. The summed E-state index contributed by atoms with van der Waals surface area (Å²) in [5, 5.41) is 0.617. The summed E-state index contributed by atoms with van der Waals surface area (Å²) in [6.07, 6.45) is 5.04.